The first-order valence-electron chi connectivity index (χ1n) is 5.38. The van der Waals surface area contributed by atoms with Crippen LogP contribution in [0.25, 0.3) is 0 Å². The molecule has 2 aromatic rings. The molecule has 0 radical (unpaired) electrons. The van der Waals surface area contributed by atoms with Gasteiger partial charge in [0.05, 0.1) is 17.3 Å². The maximum absolute atomic E-state index is 13.3. The number of aryl methyl sites for hydroxylation is 1. The van der Waals surface area contributed by atoms with Crippen LogP contribution in [0, 0.1) is 12.7 Å². The predicted molar refractivity (Wildman–Crippen MR) is 70.4 cm³/mol. The second-order valence-electron chi connectivity index (χ2n) is 4.09. The first kappa shape index (κ1) is 12.6. The van der Waals surface area contributed by atoms with Gasteiger partial charge in [0.2, 0.25) is 0 Å². The summed E-state index contributed by atoms with van der Waals surface area (Å²) in [7, 11) is 0. The number of nitrogens with zero attached hydrogens (tertiary/aromatic N) is 1. The van der Waals surface area contributed by atoms with Crippen molar-refractivity contribution in [2.24, 2.45) is 0 Å². The number of nitrogen functional groups attached to an aromatic ring is 1. The molecule has 0 aliphatic carbocycles. The predicted octanol–water partition coefficient (Wildman–Crippen LogP) is 2.58. The van der Waals surface area contributed by atoms with Gasteiger partial charge in [-0.25, -0.2) is 4.39 Å². The van der Waals surface area contributed by atoms with Crippen LogP contribution in [-0.2, 0) is 6.54 Å². The van der Waals surface area contributed by atoms with Crippen LogP contribution in [0.3, 0.4) is 0 Å². The molecule has 1 heterocycles. The molecule has 1 aromatic heterocycles. The van der Waals surface area contributed by atoms with Crippen LogP contribution in [0.5, 0.6) is 0 Å². The number of rotatable bonds is 2. The molecule has 0 fully saturated rings. The largest absolute Gasteiger partial charge is 0.397 e. The number of pyridine rings is 1. The van der Waals surface area contributed by atoms with E-state index in [0.717, 1.165) is 5.56 Å². The zero-order valence-electron chi connectivity index (χ0n) is 9.78. The van der Waals surface area contributed by atoms with E-state index in [0.29, 0.717) is 11.3 Å². The Kier molecular flexibility index (Phi) is 3.39. The fraction of sp³-hybridized carbons (Fsp3) is 0.154. The first-order chi connectivity index (χ1) is 8.49. The van der Waals surface area contributed by atoms with Gasteiger partial charge < -0.3 is 10.3 Å². The van der Waals surface area contributed by atoms with Crippen LogP contribution in [0.1, 0.15) is 11.1 Å². The molecule has 0 atom stereocenters. The van der Waals surface area contributed by atoms with Gasteiger partial charge >= 0.3 is 0 Å². The van der Waals surface area contributed by atoms with E-state index in [-0.39, 0.29) is 17.1 Å². The lowest BCUT2D eigenvalue weighted by Crippen LogP contribution is -2.21. The highest BCUT2D eigenvalue weighted by Crippen LogP contribution is 2.20. The van der Waals surface area contributed by atoms with Gasteiger partial charge in [-0.3, -0.25) is 4.79 Å². The molecule has 0 bridgehead atoms. The zero-order valence-corrected chi connectivity index (χ0v) is 10.5. The van der Waals surface area contributed by atoms with Crippen LogP contribution >= 0.6 is 11.6 Å². The molecule has 3 nitrogen and oxygen atoms in total. The van der Waals surface area contributed by atoms with E-state index in [2.05, 4.69) is 0 Å². The van der Waals surface area contributed by atoms with Gasteiger partial charge in [-0.05, 0) is 24.1 Å². The lowest BCUT2D eigenvalue weighted by molar-refractivity contribution is 0.623. The van der Waals surface area contributed by atoms with Gasteiger partial charge in [0.25, 0.3) is 5.56 Å². The van der Waals surface area contributed by atoms with Crippen molar-refractivity contribution in [2.75, 3.05) is 5.73 Å². The third-order valence-electron chi connectivity index (χ3n) is 2.75. The first-order valence-corrected chi connectivity index (χ1v) is 5.76. The summed E-state index contributed by atoms with van der Waals surface area (Å²) in [5.41, 5.74) is 7.33. The highest BCUT2D eigenvalue weighted by atomic mass is 35.5. The number of halogens is 2. The number of hydrogen-bond donors (Lipinski definition) is 1. The molecule has 18 heavy (non-hydrogen) atoms. The van der Waals surface area contributed by atoms with Crippen molar-refractivity contribution in [2.45, 2.75) is 13.5 Å². The second kappa shape index (κ2) is 4.82. The van der Waals surface area contributed by atoms with Gasteiger partial charge in [0.1, 0.15) is 5.82 Å². The summed E-state index contributed by atoms with van der Waals surface area (Å²) in [6.07, 6.45) is 1.54. The van der Waals surface area contributed by atoms with E-state index < -0.39 is 5.82 Å². The zero-order chi connectivity index (χ0) is 13.3. The Bertz CT molecular complexity index is 652. The van der Waals surface area contributed by atoms with Crippen molar-refractivity contribution in [1.82, 2.24) is 4.57 Å². The smallest absolute Gasteiger partial charge is 0.251 e. The van der Waals surface area contributed by atoms with E-state index in [1.165, 1.54) is 16.7 Å². The van der Waals surface area contributed by atoms with Crippen molar-refractivity contribution in [1.29, 1.82) is 0 Å². The highest BCUT2D eigenvalue weighted by Gasteiger charge is 2.08. The quantitative estimate of drug-likeness (QED) is 0.908. The molecule has 0 saturated carbocycles. The van der Waals surface area contributed by atoms with Crippen LogP contribution in [0.15, 0.2) is 35.3 Å². The van der Waals surface area contributed by atoms with Crippen molar-refractivity contribution < 1.29 is 4.39 Å². The van der Waals surface area contributed by atoms with Crippen molar-refractivity contribution >= 4 is 17.3 Å². The molecule has 0 unspecified atom stereocenters. The maximum atomic E-state index is 13.3. The van der Waals surface area contributed by atoms with Crippen LogP contribution < -0.4 is 11.3 Å². The lowest BCUT2D eigenvalue weighted by Gasteiger charge is -2.10. The van der Waals surface area contributed by atoms with Crippen LogP contribution in [0.2, 0.25) is 5.02 Å². The van der Waals surface area contributed by atoms with Crippen molar-refractivity contribution in [3.63, 3.8) is 0 Å². The molecule has 0 aliphatic rings. The number of benzene rings is 1. The van der Waals surface area contributed by atoms with Gasteiger partial charge in [-0.15, -0.1) is 0 Å². The molecule has 94 valence electrons. The molecular formula is C13H12ClFN2O. The molecule has 5 heteroatoms. The Morgan fingerprint density at radius 1 is 1.44 bits per heavy atom. The summed E-state index contributed by atoms with van der Waals surface area (Å²) < 4.78 is 14.7. The Labute approximate surface area is 109 Å². The molecule has 0 saturated heterocycles. The minimum atomic E-state index is -0.498. The minimum Gasteiger partial charge on any atom is -0.397 e. The minimum absolute atomic E-state index is 0.0311. The van der Waals surface area contributed by atoms with Gasteiger partial charge in [0.15, 0.2) is 0 Å². The average molecular weight is 267 g/mol. The summed E-state index contributed by atoms with van der Waals surface area (Å²) in [5, 5.41) is 0.0311. The summed E-state index contributed by atoms with van der Waals surface area (Å²) in [6, 6.07) is 5.95. The standard InChI is InChI=1S/C13H12ClFN2O/c1-8-5-12(18)17(7-11(8)16)6-9-3-2-4-10(15)13(9)14/h2-5,7H,6,16H2,1H3. The van der Waals surface area contributed by atoms with Crippen LogP contribution in [0.4, 0.5) is 10.1 Å². The van der Waals surface area contributed by atoms with Gasteiger partial charge in [-0.1, -0.05) is 23.7 Å². The van der Waals surface area contributed by atoms with E-state index >= 15 is 0 Å². The van der Waals surface area contributed by atoms with E-state index in [1.807, 2.05) is 0 Å². The monoisotopic (exact) mass is 266 g/mol. The SMILES string of the molecule is Cc1cc(=O)n(Cc2cccc(F)c2Cl)cc1N. The summed E-state index contributed by atoms with van der Waals surface area (Å²) >= 11 is 5.84. The van der Waals surface area contributed by atoms with Crippen molar-refractivity contribution in [3.05, 3.63) is 62.8 Å². The average Bonchev–Trinajstić information content (AvgIpc) is 2.32. The molecule has 0 aliphatic heterocycles. The summed E-state index contributed by atoms with van der Waals surface area (Å²) in [6.45, 7) is 1.95. The van der Waals surface area contributed by atoms with E-state index in [9.17, 15) is 9.18 Å². The van der Waals surface area contributed by atoms with Crippen molar-refractivity contribution in [3.8, 4) is 0 Å². The Morgan fingerprint density at radius 3 is 2.89 bits per heavy atom. The van der Waals surface area contributed by atoms with E-state index in [1.54, 1.807) is 25.3 Å². The maximum Gasteiger partial charge on any atom is 0.251 e. The molecule has 0 amide bonds. The number of anilines is 1. The molecule has 0 spiro atoms. The normalized spacial score (nSPS) is 10.6. The fourth-order valence-corrected chi connectivity index (χ4v) is 1.85. The second-order valence-corrected chi connectivity index (χ2v) is 4.47. The van der Waals surface area contributed by atoms with E-state index in [4.69, 9.17) is 17.3 Å². The third kappa shape index (κ3) is 2.38. The summed E-state index contributed by atoms with van der Waals surface area (Å²) in [5.74, 6) is -0.498. The Morgan fingerprint density at radius 2 is 2.17 bits per heavy atom. The molecule has 2 N–H and O–H groups in total. The topological polar surface area (TPSA) is 48.0 Å². The lowest BCUT2D eigenvalue weighted by atomic mass is 10.2. The molecular weight excluding hydrogens is 255 g/mol. The summed E-state index contributed by atoms with van der Waals surface area (Å²) in [4.78, 5) is 11.8. The van der Waals surface area contributed by atoms with Crippen LogP contribution in [-0.4, -0.2) is 4.57 Å². The third-order valence-corrected chi connectivity index (χ3v) is 3.17. The fourth-order valence-electron chi connectivity index (χ4n) is 1.66. The number of hydrogen-bond acceptors (Lipinski definition) is 2. The molecule has 2 rings (SSSR count). The van der Waals surface area contributed by atoms with Gasteiger partial charge in [-0.2, -0.15) is 0 Å². The number of aromatic nitrogens is 1. The highest BCUT2D eigenvalue weighted by molar-refractivity contribution is 6.31. The Balaban J connectivity index is 2.43. The number of nitrogens with two attached hydrogens (primary N) is 1. The molecule has 1 aromatic carbocycles. The Hall–Kier alpha value is -1.81. The van der Waals surface area contributed by atoms with Gasteiger partial charge in [0, 0.05) is 12.3 Å².